The Morgan fingerprint density at radius 1 is 1.08 bits per heavy atom. The molecule has 0 aliphatic heterocycles. The maximum atomic E-state index is 12.8. The molecule has 0 unspecified atom stereocenters. The summed E-state index contributed by atoms with van der Waals surface area (Å²) in [4.78, 5) is 27.5. The average molecular weight is 356 g/mol. The first kappa shape index (κ1) is 19.1. The van der Waals surface area contributed by atoms with Crippen LogP contribution in [0.4, 0.5) is 0 Å². The van der Waals surface area contributed by atoms with E-state index in [9.17, 15) is 9.59 Å². The van der Waals surface area contributed by atoms with Gasteiger partial charge in [0.15, 0.2) is 0 Å². The quantitative estimate of drug-likeness (QED) is 0.775. The summed E-state index contributed by atoms with van der Waals surface area (Å²) < 4.78 is 0. The molecule has 0 aliphatic rings. The van der Waals surface area contributed by atoms with E-state index in [-0.39, 0.29) is 11.8 Å². The van der Waals surface area contributed by atoms with Crippen LogP contribution in [0.5, 0.6) is 0 Å². The van der Waals surface area contributed by atoms with E-state index >= 15 is 0 Å². The number of thioether (sulfide) groups is 1. The SMILES string of the molecule is CNC(=O)[C@H](C)N(Cc1ccccc1)C(=O)CSc1ccc(C)cc1. The first-order valence-corrected chi connectivity index (χ1v) is 9.24. The van der Waals surface area contributed by atoms with Crippen molar-refractivity contribution >= 4 is 23.6 Å². The monoisotopic (exact) mass is 356 g/mol. The fraction of sp³-hybridized carbons (Fsp3) is 0.300. The summed E-state index contributed by atoms with van der Waals surface area (Å²) in [6.07, 6.45) is 0. The van der Waals surface area contributed by atoms with Gasteiger partial charge in [-0.3, -0.25) is 9.59 Å². The summed E-state index contributed by atoms with van der Waals surface area (Å²) in [7, 11) is 1.59. The van der Waals surface area contributed by atoms with Crippen molar-refractivity contribution in [3.8, 4) is 0 Å². The van der Waals surface area contributed by atoms with E-state index < -0.39 is 6.04 Å². The van der Waals surface area contributed by atoms with Crippen molar-refractivity contribution in [2.45, 2.75) is 31.3 Å². The lowest BCUT2D eigenvalue weighted by Crippen LogP contribution is -2.47. The van der Waals surface area contributed by atoms with Gasteiger partial charge in [-0.25, -0.2) is 0 Å². The molecule has 0 saturated carbocycles. The van der Waals surface area contributed by atoms with E-state index in [1.807, 2.05) is 61.5 Å². The minimum atomic E-state index is -0.517. The minimum Gasteiger partial charge on any atom is -0.357 e. The van der Waals surface area contributed by atoms with E-state index in [1.165, 1.54) is 17.3 Å². The Morgan fingerprint density at radius 3 is 2.32 bits per heavy atom. The number of nitrogens with one attached hydrogen (secondary N) is 1. The molecule has 2 aromatic carbocycles. The van der Waals surface area contributed by atoms with E-state index in [0.29, 0.717) is 12.3 Å². The van der Waals surface area contributed by atoms with Crippen molar-refractivity contribution in [3.05, 3.63) is 65.7 Å². The topological polar surface area (TPSA) is 49.4 Å². The van der Waals surface area contributed by atoms with Crippen LogP contribution in [0.3, 0.4) is 0 Å². The Balaban J connectivity index is 2.08. The van der Waals surface area contributed by atoms with E-state index in [4.69, 9.17) is 0 Å². The first-order valence-electron chi connectivity index (χ1n) is 8.25. The number of aryl methyl sites for hydroxylation is 1. The Kier molecular flexibility index (Phi) is 7.07. The summed E-state index contributed by atoms with van der Waals surface area (Å²) >= 11 is 1.49. The lowest BCUT2D eigenvalue weighted by Gasteiger charge is -2.28. The largest absolute Gasteiger partial charge is 0.357 e. The molecule has 2 rings (SSSR count). The smallest absolute Gasteiger partial charge is 0.242 e. The molecule has 1 N–H and O–H groups in total. The summed E-state index contributed by atoms with van der Waals surface area (Å²) in [6.45, 7) is 4.21. The molecule has 2 aromatic rings. The van der Waals surface area contributed by atoms with E-state index in [0.717, 1.165) is 10.5 Å². The lowest BCUT2D eigenvalue weighted by molar-refractivity contribution is -0.138. The first-order chi connectivity index (χ1) is 12.0. The molecule has 0 fully saturated rings. The Labute approximate surface area is 153 Å². The highest BCUT2D eigenvalue weighted by Crippen LogP contribution is 2.20. The van der Waals surface area contributed by atoms with Crippen LogP contribution in [-0.2, 0) is 16.1 Å². The van der Waals surface area contributed by atoms with Gasteiger partial charge in [-0.1, -0.05) is 48.0 Å². The number of benzene rings is 2. The van der Waals surface area contributed by atoms with Gasteiger partial charge in [0.25, 0.3) is 0 Å². The zero-order valence-corrected chi connectivity index (χ0v) is 15.7. The molecule has 25 heavy (non-hydrogen) atoms. The van der Waals surface area contributed by atoms with E-state index in [2.05, 4.69) is 5.32 Å². The Morgan fingerprint density at radius 2 is 1.72 bits per heavy atom. The second kappa shape index (κ2) is 9.28. The molecule has 0 spiro atoms. The van der Waals surface area contributed by atoms with Crippen LogP contribution in [0, 0.1) is 6.92 Å². The second-order valence-corrected chi connectivity index (χ2v) is 6.95. The van der Waals surface area contributed by atoms with Crippen LogP contribution in [0.15, 0.2) is 59.5 Å². The average Bonchev–Trinajstić information content (AvgIpc) is 2.65. The van der Waals surface area contributed by atoms with Crippen LogP contribution in [0.1, 0.15) is 18.1 Å². The molecule has 132 valence electrons. The third-order valence-electron chi connectivity index (χ3n) is 3.99. The number of likely N-dealkylation sites (N-methyl/N-ethyl adjacent to an activating group) is 1. The third-order valence-corrected chi connectivity index (χ3v) is 4.99. The fourth-order valence-corrected chi connectivity index (χ4v) is 3.22. The number of amides is 2. The van der Waals surface area contributed by atoms with Gasteiger partial charge in [-0.2, -0.15) is 0 Å². The van der Waals surface area contributed by atoms with Crippen molar-refractivity contribution in [2.75, 3.05) is 12.8 Å². The van der Waals surface area contributed by atoms with Gasteiger partial charge in [0.05, 0.1) is 5.75 Å². The summed E-state index contributed by atoms with van der Waals surface area (Å²) in [6, 6.07) is 17.3. The van der Waals surface area contributed by atoms with Gasteiger partial charge < -0.3 is 10.2 Å². The fourth-order valence-electron chi connectivity index (χ4n) is 2.43. The molecule has 4 nitrogen and oxygen atoms in total. The molecular formula is C20H24N2O2S. The van der Waals surface area contributed by atoms with Crippen molar-refractivity contribution in [1.29, 1.82) is 0 Å². The summed E-state index contributed by atoms with van der Waals surface area (Å²) in [5, 5.41) is 2.63. The number of hydrogen-bond donors (Lipinski definition) is 1. The molecule has 1 atom stereocenters. The van der Waals surface area contributed by atoms with Crippen LogP contribution in [0.25, 0.3) is 0 Å². The maximum Gasteiger partial charge on any atom is 0.242 e. The number of hydrogen-bond acceptors (Lipinski definition) is 3. The summed E-state index contributed by atoms with van der Waals surface area (Å²) in [5.74, 6) is 0.0900. The van der Waals surface area contributed by atoms with Gasteiger partial charge in [0.2, 0.25) is 11.8 Å². The second-order valence-electron chi connectivity index (χ2n) is 5.90. The lowest BCUT2D eigenvalue weighted by atomic mass is 10.1. The zero-order valence-electron chi connectivity index (χ0n) is 14.9. The van der Waals surface area contributed by atoms with Gasteiger partial charge in [-0.05, 0) is 31.5 Å². The summed E-state index contributed by atoms with van der Waals surface area (Å²) in [5.41, 5.74) is 2.20. The van der Waals surface area contributed by atoms with Crippen molar-refractivity contribution in [2.24, 2.45) is 0 Å². The van der Waals surface area contributed by atoms with Crippen LogP contribution in [0.2, 0.25) is 0 Å². The standard InChI is InChI=1S/C20H24N2O2S/c1-15-9-11-18(12-10-15)25-14-19(23)22(16(2)20(24)21-3)13-17-7-5-4-6-8-17/h4-12,16H,13-14H2,1-3H3,(H,21,24)/t16-/m0/s1. The predicted octanol–water partition coefficient (Wildman–Crippen LogP) is 3.25. The number of nitrogens with zero attached hydrogens (tertiary/aromatic N) is 1. The highest BCUT2D eigenvalue weighted by atomic mass is 32.2. The molecule has 2 amide bonds. The molecule has 0 aliphatic carbocycles. The van der Waals surface area contributed by atoms with Gasteiger partial charge in [0.1, 0.15) is 6.04 Å². The molecule has 0 aromatic heterocycles. The van der Waals surface area contributed by atoms with E-state index in [1.54, 1.807) is 18.9 Å². The molecule has 0 bridgehead atoms. The van der Waals surface area contributed by atoms with Crippen LogP contribution >= 0.6 is 11.8 Å². The number of rotatable bonds is 7. The maximum absolute atomic E-state index is 12.8. The van der Waals surface area contributed by atoms with Crippen molar-refractivity contribution in [3.63, 3.8) is 0 Å². The van der Waals surface area contributed by atoms with Gasteiger partial charge in [-0.15, -0.1) is 11.8 Å². The molecule has 0 heterocycles. The zero-order chi connectivity index (χ0) is 18.2. The highest BCUT2D eigenvalue weighted by molar-refractivity contribution is 8.00. The molecule has 5 heteroatoms. The third kappa shape index (κ3) is 5.64. The van der Waals surface area contributed by atoms with Crippen molar-refractivity contribution in [1.82, 2.24) is 10.2 Å². The Hall–Kier alpha value is -2.27. The number of carbonyl (C=O) groups excluding carboxylic acids is 2. The van der Waals surface area contributed by atoms with Gasteiger partial charge in [0, 0.05) is 18.5 Å². The Bertz CT molecular complexity index is 701. The van der Waals surface area contributed by atoms with Crippen molar-refractivity contribution < 1.29 is 9.59 Å². The van der Waals surface area contributed by atoms with Crippen LogP contribution < -0.4 is 5.32 Å². The predicted molar refractivity (Wildman–Crippen MR) is 102 cm³/mol. The molecule has 0 radical (unpaired) electrons. The minimum absolute atomic E-state index is 0.0504. The molecule has 0 saturated heterocycles. The number of carbonyl (C=O) groups is 2. The molecular weight excluding hydrogens is 332 g/mol. The van der Waals surface area contributed by atoms with Crippen LogP contribution in [-0.4, -0.2) is 35.6 Å². The normalized spacial score (nSPS) is 11.6. The highest BCUT2D eigenvalue weighted by Gasteiger charge is 2.25. The van der Waals surface area contributed by atoms with Gasteiger partial charge >= 0.3 is 0 Å².